The Morgan fingerprint density at radius 1 is 0.917 bits per heavy atom. The van der Waals surface area contributed by atoms with Crippen LogP contribution in [0.4, 0.5) is 5.69 Å². The lowest BCUT2D eigenvalue weighted by Crippen LogP contribution is -2.07. The maximum Gasteiger partial charge on any atom is 0.546 e. The van der Waals surface area contributed by atoms with Crippen molar-refractivity contribution < 1.29 is 18.2 Å². The van der Waals surface area contributed by atoms with Gasteiger partial charge in [-0.3, -0.25) is 4.52 Å². The lowest BCUT2D eigenvalue weighted by molar-refractivity contribution is 0.154. The zero-order valence-electron chi connectivity index (χ0n) is 14.6. The predicted molar refractivity (Wildman–Crippen MR) is 97.5 cm³/mol. The molecule has 138 valence electrons. The van der Waals surface area contributed by atoms with Gasteiger partial charge in [0.2, 0.25) is 0 Å². The number of anilines is 1. The standard InChI is InChI=1S/C17H31N2O4P/c1-2-3-4-5-6-7-8-9-10-15-21-24(20,23-19)22-17-13-11-16(18)12-14-17/h11-14H,2-10,15,18-19H2,1H3. The van der Waals surface area contributed by atoms with E-state index in [1.807, 2.05) is 0 Å². The fraction of sp³-hybridized carbons (Fsp3) is 0.647. The van der Waals surface area contributed by atoms with Crippen molar-refractivity contribution in [2.75, 3.05) is 12.3 Å². The Bertz CT molecular complexity index is 482. The third-order valence-electron chi connectivity index (χ3n) is 3.72. The van der Waals surface area contributed by atoms with E-state index < -0.39 is 7.82 Å². The van der Waals surface area contributed by atoms with Crippen LogP contribution in [-0.2, 0) is 13.7 Å². The average Bonchev–Trinajstić information content (AvgIpc) is 2.59. The first kappa shape index (κ1) is 21.0. The summed E-state index contributed by atoms with van der Waals surface area (Å²) in [6.45, 7) is 2.51. The van der Waals surface area contributed by atoms with Gasteiger partial charge in [-0.25, -0.2) is 10.5 Å². The molecule has 0 aliphatic rings. The summed E-state index contributed by atoms with van der Waals surface area (Å²) in [5.74, 6) is 5.41. The van der Waals surface area contributed by atoms with Gasteiger partial charge >= 0.3 is 7.82 Å². The molecule has 0 aromatic heterocycles. The molecule has 0 amide bonds. The van der Waals surface area contributed by atoms with Crippen LogP contribution < -0.4 is 16.2 Å². The molecule has 0 spiro atoms. The molecule has 1 aromatic carbocycles. The van der Waals surface area contributed by atoms with E-state index in [9.17, 15) is 4.57 Å². The number of nitrogen functional groups attached to an aromatic ring is 1. The summed E-state index contributed by atoms with van der Waals surface area (Å²) in [6.07, 6.45) is 10.8. The third-order valence-corrected chi connectivity index (χ3v) is 4.92. The molecule has 0 aliphatic heterocycles. The van der Waals surface area contributed by atoms with Gasteiger partial charge in [0.1, 0.15) is 5.75 Å². The number of phosphoric ester groups is 1. The molecule has 0 heterocycles. The van der Waals surface area contributed by atoms with Crippen LogP contribution in [0.2, 0.25) is 0 Å². The monoisotopic (exact) mass is 358 g/mol. The number of hydrogen-bond donors (Lipinski definition) is 2. The smallest absolute Gasteiger partial charge is 0.403 e. The number of hydrogen-bond acceptors (Lipinski definition) is 6. The predicted octanol–water partition coefficient (Wildman–Crippen LogP) is 5.19. The van der Waals surface area contributed by atoms with E-state index in [0.717, 1.165) is 19.3 Å². The molecule has 1 unspecified atom stereocenters. The Labute approximate surface area is 145 Å². The molecule has 1 atom stereocenters. The Morgan fingerprint density at radius 3 is 2.00 bits per heavy atom. The van der Waals surface area contributed by atoms with Gasteiger partial charge in [0, 0.05) is 5.69 Å². The maximum absolute atomic E-state index is 12.2. The van der Waals surface area contributed by atoms with E-state index in [1.165, 1.54) is 38.5 Å². The highest BCUT2D eigenvalue weighted by Crippen LogP contribution is 2.47. The summed E-state index contributed by atoms with van der Waals surface area (Å²) in [5.41, 5.74) is 6.17. The van der Waals surface area contributed by atoms with E-state index >= 15 is 0 Å². The second-order valence-electron chi connectivity index (χ2n) is 5.87. The zero-order chi connectivity index (χ0) is 17.7. The number of unbranched alkanes of at least 4 members (excludes halogenated alkanes) is 8. The van der Waals surface area contributed by atoms with E-state index in [0.29, 0.717) is 18.0 Å². The summed E-state index contributed by atoms with van der Waals surface area (Å²) in [6, 6.07) is 6.44. The van der Waals surface area contributed by atoms with Crippen LogP contribution in [0.15, 0.2) is 24.3 Å². The number of phosphoric acid groups is 1. The van der Waals surface area contributed by atoms with Crippen molar-refractivity contribution in [1.82, 2.24) is 0 Å². The normalized spacial score (nSPS) is 13.6. The molecule has 0 saturated heterocycles. The first-order valence-corrected chi connectivity index (χ1v) is 10.2. The summed E-state index contributed by atoms with van der Waals surface area (Å²) < 4.78 is 27.1. The quantitative estimate of drug-likeness (QED) is 0.205. The lowest BCUT2D eigenvalue weighted by atomic mass is 10.1. The number of rotatable bonds is 14. The van der Waals surface area contributed by atoms with Crippen molar-refractivity contribution in [1.29, 1.82) is 0 Å². The molecule has 0 saturated carbocycles. The van der Waals surface area contributed by atoms with Crippen LogP contribution in [0.5, 0.6) is 5.75 Å². The van der Waals surface area contributed by atoms with Crippen LogP contribution in [0, 0.1) is 0 Å². The minimum absolute atomic E-state index is 0.291. The van der Waals surface area contributed by atoms with E-state index in [1.54, 1.807) is 24.3 Å². The molecule has 1 aromatic rings. The molecular formula is C17H31N2O4P. The van der Waals surface area contributed by atoms with Gasteiger partial charge in [0.15, 0.2) is 0 Å². The molecule has 24 heavy (non-hydrogen) atoms. The molecule has 0 radical (unpaired) electrons. The number of benzene rings is 1. The SMILES string of the molecule is CCCCCCCCCCCOP(=O)(ON)Oc1ccc(N)cc1. The highest BCUT2D eigenvalue weighted by atomic mass is 31.2. The van der Waals surface area contributed by atoms with Gasteiger partial charge in [-0.15, -0.1) is 0 Å². The second kappa shape index (κ2) is 12.3. The average molecular weight is 358 g/mol. The van der Waals surface area contributed by atoms with Crippen LogP contribution in [0.25, 0.3) is 0 Å². The maximum atomic E-state index is 12.2. The Hall–Kier alpha value is -1.07. The first-order valence-electron chi connectivity index (χ1n) is 8.78. The fourth-order valence-electron chi connectivity index (χ4n) is 2.33. The van der Waals surface area contributed by atoms with Gasteiger partial charge in [-0.1, -0.05) is 58.3 Å². The Balaban J connectivity index is 2.14. The van der Waals surface area contributed by atoms with Crippen molar-refractivity contribution in [2.24, 2.45) is 5.90 Å². The van der Waals surface area contributed by atoms with Crippen molar-refractivity contribution in [2.45, 2.75) is 64.7 Å². The van der Waals surface area contributed by atoms with Gasteiger partial charge in [-0.05, 0) is 30.7 Å². The van der Waals surface area contributed by atoms with Gasteiger partial charge in [0.05, 0.1) is 6.61 Å². The second-order valence-corrected chi connectivity index (χ2v) is 7.42. The van der Waals surface area contributed by atoms with E-state index in [-0.39, 0.29) is 0 Å². The molecule has 1 rings (SSSR count). The molecule has 4 N–H and O–H groups in total. The lowest BCUT2D eigenvalue weighted by Gasteiger charge is -2.15. The topological polar surface area (TPSA) is 96.8 Å². The zero-order valence-corrected chi connectivity index (χ0v) is 15.5. The molecule has 7 heteroatoms. The highest BCUT2D eigenvalue weighted by molar-refractivity contribution is 7.48. The summed E-state index contributed by atoms with van der Waals surface area (Å²) in [5, 5.41) is 0. The van der Waals surface area contributed by atoms with Crippen molar-refractivity contribution in [3.8, 4) is 5.75 Å². The largest absolute Gasteiger partial charge is 0.546 e. The highest BCUT2D eigenvalue weighted by Gasteiger charge is 2.27. The van der Waals surface area contributed by atoms with Crippen molar-refractivity contribution in [3.05, 3.63) is 24.3 Å². The van der Waals surface area contributed by atoms with Gasteiger partial charge < -0.3 is 10.3 Å². The molecule has 6 nitrogen and oxygen atoms in total. The van der Waals surface area contributed by atoms with Gasteiger partial charge in [-0.2, -0.15) is 4.62 Å². The minimum Gasteiger partial charge on any atom is -0.403 e. The van der Waals surface area contributed by atoms with E-state index in [4.69, 9.17) is 20.7 Å². The molecule has 0 fully saturated rings. The van der Waals surface area contributed by atoms with Crippen LogP contribution in [-0.4, -0.2) is 6.61 Å². The van der Waals surface area contributed by atoms with Crippen LogP contribution in [0.3, 0.4) is 0 Å². The minimum atomic E-state index is -3.77. The molecular weight excluding hydrogens is 327 g/mol. The van der Waals surface area contributed by atoms with Gasteiger partial charge in [0.25, 0.3) is 0 Å². The summed E-state index contributed by atoms with van der Waals surface area (Å²) in [4.78, 5) is 0. The first-order chi connectivity index (χ1) is 11.6. The Kier molecular flexibility index (Phi) is 10.8. The summed E-state index contributed by atoms with van der Waals surface area (Å²) in [7, 11) is -3.77. The number of nitrogens with two attached hydrogens (primary N) is 2. The van der Waals surface area contributed by atoms with Crippen LogP contribution in [0.1, 0.15) is 64.7 Å². The van der Waals surface area contributed by atoms with Crippen LogP contribution >= 0.6 is 7.82 Å². The van der Waals surface area contributed by atoms with E-state index in [2.05, 4.69) is 11.5 Å². The van der Waals surface area contributed by atoms with Crippen molar-refractivity contribution in [3.63, 3.8) is 0 Å². The van der Waals surface area contributed by atoms with Crippen molar-refractivity contribution >= 4 is 13.5 Å². The molecule has 0 bridgehead atoms. The summed E-state index contributed by atoms with van der Waals surface area (Å²) >= 11 is 0. The third kappa shape index (κ3) is 9.28. The Morgan fingerprint density at radius 2 is 1.46 bits per heavy atom. The molecule has 0 aliphatic carbocycles. The fourth-order valence-corrected chi connectivity index (χ4v) is 3.21.